The van der Waals surface area contributed by atoms with E-state index in [0.717, 1.165) is 17.0 Å². The molecular weight excluding hydrogens is 321 g/mol. The fraction of sp³-hybridized carbons (Fsp3) is 0.350. The van der Waals surface area contributed by atoms with Gasteiger partial charge in [0.1, 0.15) is 18.5 Å². The Morgan fingerprint density at radius 3 is 2.64 bits per heavy atom. The molecule has 1 heterocycles. The van der Waals surface area contributed by atoms with E-state index in [9.17, 15) is 9.18 Å². The number of nitrogens with zero attached hydrogens (tertiary/aromatic N) is 1. The molecule has 0 radical (unpaired) electrons. The monoisotopic (exact) mass is 343 g/mol. The van der Waals surface area contributed by atoms with Crippen LogP contribution in [-0.2, 0) is 11.4 Å². The Kier molecular flexibility index (Phi) is 5.22. The highest BCUT2D eigenvalue weighted by Crippen LogP contribution is 2.30. The third-order valence-corrected chi connectivity index (χ3v) is 4.60. The zero-order valence-electron chi connectivity index (χ0n) is 14.2. The van der Waals surface area contributed by atoms with E-state index in [0.29, 0.717) is 6.61 Å². The molecule has 2 aromatic rings. The third-order valence-electron chi connectivity index (χ3n) is 4.60. The first-order valence-electron chi connectivity index (χ1n) is 8.43. The summed E-state index contributed by atoms with van der Waals surface area (Å²) in [6, 6.07) is 15.2. The number of ether oxygens (including phenoxy) is 1. The van der Waals surface area contributed by atoms with Gasteiger partial charge in [-0.05, 0) is 42.3 Å². The van der Waals surface area contributed by atoms with Crippen molar-refractivity contribution in [2.24, 2.45) is 0 Å². The minimum absolute atomic E-state index is 0.0496. The first kappa shape index (κ1) is 17.3. The molecule has 0 bridgehead atoms. The van der Waals surface area contributed by atoms with Crippen LogP contribution in [0, 0.1) is 6.92 Å². The molecule has 5 heteroatoms. The van der Waals surface area contributed by atoms with Gasteiger partial charge in [0, 0.05) is 24.7 Å². The van der Waals surface area contributed by atoms with E-state index in [4.69, 9.17) is 9.84 Å². The summed E-state index contributed by atoms with van der Waals surface area (Å²) in [6.45, 7) is 2.77. The van der Waals surface area contributed by atoms with Crippen molar-refractivity contribution in [1.82, 2.24) is 0 Å². The number of anilines is 1. The maximum absolute atomic E-state index is 13.7. The Morgan fingerprint density at radius 1 is 1.24 bits per heavy atom. The molecule has 1 saturated heterocycles. The molecular formula is C20H22FNO3. The van der Waals surface area contributed by atoms with Crippen molar-refractivity contribution in [3.8, 4) is 5.75 Å². The van der Waals surface area contributed by atoms with Gasteiger partial charge in [0.05, 0.1) is 6.42 Å². The molecule has 0 amide bonds. The molecule has 1 fully saturated rings. The predicted octanol–water partition coefficient (Wildman–Crippen LogP) is 3.97. The minimum Gasteiger partial charge on any atom is -0.489 e. The summed E-state index contributed by atoms with van der Waals surface area (Å²) < 4.78 is 19.5. The van der Waals surface area contributed by atoms with Crippen molar-refractivity contribution in [2.75, 3.05) is 11.4 Å². The fourth-order valence-electron chi connectivity index (χ4n) is 3.24. The van der Waals surface area contributed by atoms with E-state index in [2.05, 4.69) is 0 Å². The summed E-state index contributed by atoms with van der Waals surface area (Å²) in [7, 11) is 0. The summed E-state index contributed by atoms with van der Waals surface area (Å²) in [5.41, 5.74) is 3.14. The molecule has 1 aliphatic heterocycles. The van der Waals surface area contributed by atoms with Crippen LogP contribution in [0.25, 0.3) is 0 Å². The third kappa shape index (κ3) is 4.29. The topological polar surface area (TPSA) is 49.8 Å². The average Bonchev–Trinajstić information content (AvgIpc) is 2.94. The second kappa shape index (κ2) is 7.55. The maximum atomic E-state index is 13.7. The van der Waals surface area contributed by atoms with Gasteiger partial charge in [-0.1, -0.05) is 24.3 Å². The molecule has 2 atom stereocenters. The van der Waals surface area contributed by atoms with E-state index in [1.807, 2.05) is 60.4 Å². The second-order valence-electron chi connectivity index (χ2n) is 6.45. The predicted molar refractivity (Wildman–Crippen MR) is 94.9 cm³/mol. The number of carboxylic acid groups (broad SMARTS) is 1. The number of carbonyl (C=O) groups is 1. The van der Waals surface area contributed by atoms with Crippen molar-refractivity contribution >= 4 is 11.7 Å². The molecule has 0 unspecified atom stereocenters. The first-order chi connectivity index (χ1) is 12.0. The fourth-order valence-corrected chi connectivity index (χ4v) is 3.24. The summed E-state index contributed by atoms with van der Waals surface area (Å²) in [5, 5.41) is 9.00. The highest BCUT2D eigenvalue weighted by Gasteiger charge is 2.33. The highest BCUT2D eigenvalue weighted by atomic mass is 19.1. The standard InChI is InChI=1S/C20H22FNO3/c1-14-4-2-3-5-15(14)13-25-19-8-6-17(7-9-19)22-12-16(21)10-18(22)11-20(23)24/h2-9,16,18H,10-13H2,1H3,(H,23,24)/t16-,18-/m0/s1. The van der Waals surface area contributed by atoms with Crippen LogP contribution in [0.2, 0.25) is 0 Å². The molecule has 0 spiro atoms. The second-order valence-corrected chi connectivity index (χ2v) is 6.45. The van der Waals surface area contributed by atoms with Crippen LogP contribution in [0.5, 0.6) is 5.75 Å². The van der Waals surface area contributed by atoms with Gasteiger partial charge < -0.3 is 14.7 Å². The summed E-state index contributed by atoms with van der Waals surface area (Å²) in [4.78, 5) is 12.8. The molecule has 1 N–H and O–H groups in total. The van der Waals surface area contributed by atoms with E-state index >= 15 is 0 Å². The van der Waals surface area contributed by atoms with Gasteiger partial charge in [-0.3, -0.25) is 4.79 Å². The molecule has 0 saturated carbocycles. The Balaban J connectivity index is 1.65. The van der Waals surface area contributed by atoms with E-state index in [1.165, 1.54) is 5.56 Å². The Bertz CT molecular complexity index is 732. The quantitative estimate of drug-likeness (QED) is 0.862. The van der Waals surface area contributed by atoms with Crippen LogP contribution in [0.1, 0.15) is 24.0 Å². The lowest BCUT2D eigenvalue weighted by molar-refractivity contribution is -0.137. The number of aliphatic carboxylic acids is 1. The molecule has 25 heavy (non-hydrogen) atoms. The molecule has 0 aliphatic carbocycles. The highest BCUT2D eigenvalue weighted by molar-refractivity contribution is 5.69. The molecule has 3 rings (SSSR count). The Hall–Kier alpha value is -2.56. The Morgan fingerprint density at radius 2 is 1.96 bits per heavy atom. The van der Waals surface area contributed by atoms with Crippen molar-refractivity contribution < 1.29 is 19.0 Å². The SMILES string of the molecule is Cc1ccccc1COc1ccc(N2C[C@@H](F)C[C@H]2CC(=O)O)cc1. The van der Waals surface area contributed by atoms with Gasteiger partial charge in [0.25, 0.3) is 0 Å². The lowest BCUT2D eigenvalue weighted by Gasteiger charge is -2.25. The van der Waals surface area contributed by atoms with Crippen LogP contribution >= 0.6 is 0 Å². The smallest absolute Gasteiger partial charge is 0.305 e. The molecule has 2 aromatic carbocycles. The number of hydrogen-bond donors (Lipinski definition) is 1. The number of hydrogen-bond acceptors (Lipinski definition) is 3. The molecule has 4 nitrogen and oxygen atoms in total. The van der Waals surface area contributed by atoms with Crippen molar-refractivity contribution in [3.05, 3.63) is 59.7 Å². The van der Waals surface area contributed by atoms with Gasteiger partial charge in [-0.15, -0.1) is 0 Å². The zero-order valence-corrected chi connectivity index (χ0v) is 14.2. The van der Waals surface area contributed by atoms with Crippen LogP contribution in [0.4, 0.5) is 10.1 Å². The van der Waals surface area contributed by atoms with E-state index < -0.39 is 12.1 Å². The minimum atomic E-state index is -0.985. The summed E-state index contributed by atoms with van der Waals surface area (Å²) in [6.07, 6.45) is -0.773. The van der Waals surface area contributed by atoms with E-state index in [-0.39, 0.29) is 25.4 Å². The van der Waals surface area contributed by atoms with Crippen LogP contribution < -0.4 is 9.64 Å². The molecule has 0 aromatic heterocycles. The number of carboxylic acids is 1. The number of halogens is 1. The molecule has 1 aliphatic rings. The van der Waals surface area contributed by atoms with Crippen LogP contribution in [0.15, 0.2) is 48.5 Å². The largest absolute Gasteiger partial charge is 0.489 e. The number of alkyl halides is 1. The van der Waals surface area contributed by atoms with Crippen LogP contribution in [0.3, 0.4) is 0 Å². The molecule has 132 valence electrons. The Labute approximate surface area is 146 Å². The van der Waals surface area contributed by atoms with Gasteiger partial charge in [0.2, 0.25) is 0 Å². The van der Waals surface area contributed by atoms with Gasteiger partial charge in [-0.2, -0.15) is 0 Å². The number of benzene rings is 2. The normalized spacial score (nSPS) is 19.8. The van der Waals surface area contributed by atoms with E-state index in [1.54, 1.807) is 0 Å². The lowest BCUT2D eigenvalue weighted by Crippen LogP contribution is -2.31. The number of rotatable bonds is 6. The zero-order chi connectivity index (χ0) is 17.8. The van der Waals surface area contributed by atoms with Gasteiger partial charge in [-0.25, -0.2) is 4.39 Å². The van der Waals surface area contributed by atoms with Gasteiger partial charge in [0.15, 0.2) is 0 Å². The summed E-state index contributed by atoms with van der Waals surface area (Å²) in [5.74, 6) is -0.167. The first-order valence-corrected chi connectivity index (χ1v) is 8.43. The van der Waals surface area contributed by atoms with Crippen molar-refractivity contribution in [3.63, 3.8) is 0 Å². The number of aryl methyl sites for hydroxylation is 1. The van der Waals surface area contributed by atoms with Crippen molar-refractivity contribution in [1.29, 1.82) is 0 Å². The average molecular weight is 343 g/mol. The summed E-state index contributed by atoms with van der Waals surface area (Å²) >= 11 is 0. The van der Waals surface area contributed by atoms with Crippen molar-refractivity contribution in [2.45, 2.75) is 38.6 Å². The lowest BCUT2D eigenvalue weighted by atomic mass is 10.1. The van der Waals surface area contributed by atoms with Crippen LogP contribution in [-0.4, -0.2) is 29.8 Å². The van der Waals surface area contributed by atoms with Gasteiger partial charge >= 0.3 is 5.97 Å². The maximum Gasteiger partial charge on any atom is 0.305 e.